The molecule has 0 saturated heterocycles. The third kappa shape index (κ3) is 4.32. The van der Waals surface area contributed by atoms with Gasteiger partial charge in [-0.1, -0.05) is 35.6 Å². The van der Waals surface area contributed by atoms with Gasteiger partial charge in [0.2, 0.25) is 0 Å². The highest BCUT2D eigenvalue weighted by atomic mass is 32.1. The lowest BCUT2D eigenvalue weighted by molar-refractivity contribution is 0.141. The highest BCUT2D eigenvalue weighted by molar-refractivity contribution is 7.18. The summed E-state index contributed by atoms with van der Waals surface area (Å²) >= 11 is 1.64. The summed E-state index contributed by atoms with van der Waals surface area (Å²) in [6.45, 7) is 6.01. The van der Waals surface area contributed by atoms with Crippen LogP contribution < -0.4 is 11.1 Å². The third-order valence-electron chi connectivity index (χ3n) is 4.72. The summed E-state index contributed by atoms with van der Waals surface area (Å²) in [4.78, 5) is 10.2. The maximum absolute atomic E-state index is 5.74. The summed E-state index contributed by atoms with van der Waals surface area (Å²) in [6, 6.07) is 10.7. The van der Waals surface area contributed by atoms with E-state index < -0.39 is 0 Å². The number of rotatable bonds is 8. The molecule has 0 amide bonds. The van der Waals surface area contributed by atoms with Gasteiger partial charge in [-0.15, -0.1) is 0 Å². The van der Waals surface area contributed by atoms with Gasteiger partial charge in [-0.05, 0) is 31.0 Å². The summed E-state index contributed by atoms with van der Waals surface area (Å²) in [6.07, 6.45) is 7.81. The van der Waals surface area contributed by atoms with Crippen molar-refractivity contribution in [1.82, 2.24) is 14.4 Å². The molecule has 1 atom stereocenters. The van der Waals surface area contributed by atoms with Crippen LogP contribution in [0, 0.1) is 0 Å². The fourth-order valence-electron chi connectivity index (χ4n) is 3.22. The zero-order valence-electron chi connectivity index (χ0n) is 16.6. The zero-order chi connectivity index (χ0) is 20.2. The molecule has 4 rings (SSSR count). The first-order chi connectivity index (χ1) is 14.2. The average molecular weight is 408 g/mol. The normalized spacial score (nSPS) is 12.4. The zero-order valence-corrected chi connectivity index (χ0v) is 17.4. The maximum Gasteiger partial charge on any atom is 0.183 e. The van der Waals surface area contributed by atoms with Crippen molar-refractivity contribution in [3.63, 3.8) is 0 Å². The minimum absolute atomic E-state index is 0.210. The number of pyridine rings is 1. The van der Waals surface area contributed by atoms with Crippen LogP contribution in [-0.2, 0) is 11.3 Å². The van der Waals surface area contributed by atoms with Gasteiger partial charge in [0.05, 0.1) is 11.5 Å². The van der Waals surface area contributed by atoms with Crippen LogP contribution in [-0.4, -0.2) is 33.6 Å². The largest absolute Gasteiger partial charge is 0.380 e. The smallest absolute Gasteiger partial charge is 0.183 e. The molecule has 6 nitrogen and oxygen atoms in total. The van der Waals surface area contributed by atoms with E-state index in [2.05, 4.69) is 63.1 Å². The van der Waals surface area contributed by atoms with Crippen molar-refractivity contribution in [2.24, 2.45) is 5.73 Å². The SMILES string of the molecule is CCOCC(C)Nc1ncc(-c2cc(-c3ccc(CN)cc3)c3nccn3c2)s1. The Labute approximate surface area is 174 Å². The molecule has 0 aliphatic carbocycles. The van der Waals surface area contributed by atoms with Crippen molar-refractivity contribution in [3.05, 3.63) is 60.7 Å². The van der Waals surface area contributed by atoms with Crippen LogP contribution in [0.25, 0.3) is 27.2 Å². The highest BCUT2D eigenvalue weighted by Gasteiger charge is 2.12. The van der Waals surface area contributed by atoms with Gasteiger partial charge in [-0.2, -0.15) is 0 Å². The molecule has 3 heterocycles. The number of hydrogen-bond donors (Lipinski definition) is 2. The van der Waals surface area contributed by atoms with E-state index in [0.29, 0.717) is 13.2 Å². The summed E-state index contributed by atoms with van der Waals surface area (Å²) in [5, 5.41) is 4.30. The first-order valence-electron chi connectivity index (χ1n) is 9.74. The number of ether oxygens (including phenoxy) is 1. The van der Waals surface area contributed by atoms with Gasteiger partial charge in [-0.3, -0.25) is 0 Å². The molecule has 0 saturated carbocycles. The Morgan fingerprint density at radius 1 is 1.21 bits per heavy atom. The number of nitrogens with one attached hydrogen (secondary N) is 1. The van der Waals surface area contributed by atoms with E-state index in [1.807, 2.05) is 25.5 Å². The van der Waals surface area contributed by atoms with Gasteiger partial charge in [0.15, 0.2) is 5.13 Å². The van der Waals surface area contributed by atoms with Gasteiger partial charge >= 0.3 is 0 Å². The lowest BCUT2D eigenvalue weighted by Crippen LogP contribution is -2.21. The van der Waals surface area contributed by atoms with E-state index in [-0.39, 0.29) is 6.04 Å². The van der Waals surface area contributed by atoms with E-state index in [9.17, 15) is 0 Å². The maximum atomic E-state index is 5.74. The number of nitrogens with two attached hydrogens (primary N) is 1. The number of thiazole rings is 1. The molecule has 3 N–H and O–H groups in total. The van der Waals surface area contributed by atoms with Crippen LogP contribution in [0.2, 0.25) is 0 Å². The lowest BCUT2D eigenvalue weighted by Gasteiger charge is -2.12. The summed E-state index contributed by atoms with van der Waals surface area (Å²) < 4.78 is 7.54. The van der Waals surface area contributed by atoms with Crippen molar-refractivity contribution < 1.29 is 4.74 Å². The molecule has 150 valence electrons. The molecule has 3 aromatic heterocycles. The Morgan fingerprint density at radius 2 is 2.03 bits per heavy atom. The molecule has 1 aromatic carbocycles. The molecule has 0 fully saturated rings. The Hall–Kier alpha value is -2.74. The molecule has 0 aliphatic heterocycles. The fourth-order valence-corrected chi connectivity index (χ4v) is 4.13. The number of anilines is 1. The van der Waals surface area contributed by atoms with Crippen molar-refractivity contribution >= 4 is 22.1 Å². The first kappa shape index (κ1) is 19.6. The summed E-state index contributed by atoms with van der Waals surface area (Å²) in [5.74, 6) is 0. The number of aromatic nitrogens is 3. The molecule has 0 radical (unpaired) electrons. The minimum Gasteiger partial charge on any atom is -0.380 e. The number of nitrogens with zero attached hydrogens (tertiary/aromatic N) is 3. The monoisotopic (exact) mass is 407 g/mol. The number of imidazole rings is 1. The van der Waals surface area contributed by atoms with Crippen LogP contribution in [0.5, 0.6) is 0 Å². The van der Waals surface area contributed by atoms with Gasteiger partial charge in [0.25, 0.3) is 0 Å². The average Bonchev–Trinajstić information content (AvgIpc) is 3.41. The molecule has 1 unspecified atom stereocenters. The molecular formula is C22H25N5OS. The van der Waals surface area contributed by atoms with Gasteiger partial charge < -0.3 is 20.2 Å². The standard InChI is InChI=1S/C22H25N5OS/c1-3-28-14-15(2)26-22-25-12-20(29-22)18-10-19(21-24-8-9-27(21)13-18)17-6-4-16(11-23)5-7-17/h4-10,12-13,15H,3,11,14,23H2,1-2H3,(H,25,26). The van der Waals surface area contributed by atoms with Crippen molar-refractivity contribution in [2.45, 2.75) is 26.4 Å². The van der Waals surface area contributed by atoms with Crippen LogP contribution in [0.1, 0.15) is 19.4 Å². The summed E-state index contributed by atoms with van der Waals surface area (Å²) in [5.41, 5.74) is 11.1. The minimum atomic E-state index is 0.210. The number of hydrogen-bond acceptors (Lipinski definition) is 6. The van der Waals surface area contributed by atoms with Crippen LogP contribution in [0.3, 0.4) is 0 Å². The second kappa shape index (κ2) is 8.73. The number of benzene rings is 1. The fraction of sp³-hybridized carbons (Fsp3) is 0.273. The van der Waals surface area contributed by atoms with Gasteiger partial charge in [0, 0.05) is 55.1 Å². The number of fused-ring (bicyclic) bond motifs is 1. The molecule has 0 bridgehead atoms. The summed E-state index contributed by atoms with van der Waals surface area (Å²) in [7, 11) is 0. The third-order valence-corrected chi connectivity index (χ3v) is 5.70. The molecule has 0 aliphatic rings. The van der Waals surface area contributed by atoms with E-state index >= 15 is 0 Å². The second-order valence-electron chi connectivity index (χ2n) is 6.94. The van der Waals surface area contributed by atoms with Crippen LogP contribution in [0.15, 0.2) is 55.1 Å². The molecule has 7 heteroatoms. The van der Waals surface area contributed by atoms with Crippen LogP contribution >= 0.6 is 11.3 Å². The molecule has 29 heavy (non-hydrogen) atoms. The topological polar surface area (TPSA) is 77.5 Å². The Kier molecular flexibility index (Phi) is 5.89. The van der Waals surface area contributed by atoms with Crippen molar-refractivity contribution in [2.75, 3.05) is 18.5 Å². The van der Waals surface area contributed by atoms with E-state index in [1.165, 1.54) is 0 Å². The lowest BCUT2D eigenvalue weighted by atomic mass is 10.0. The van der Waals surface area contributed by atoms with Crippen LogP contribution in [0.4, 0.5) is 5.13 Å². The van der Waals surface area contributed by atoms with E-state index in [4.69, 9.17) is 10.5 Å². The van der Waals surface area contributed by atoms with Crippen molar-refractivity contribution in [3.8, 4) is 21.6 Å². The van der Waals surface area contributed by atoms with Gasteiger partial charge in [-0.25, -0.2) is 9.97 Å². The van der Waals surface area contributed by atoms with E-state index in [0.717, 1.165) is 44.5 Å². The van der Waals surface area contributed by atoms with E-state index in [1.54, 1.807) is 11.3 Å². The molecule has 0 spiro atoms. The van der Waals surface area contributed by atoms with Gasteiger partial charge in [0.1, 0.15) is 5.65 Å². The predicted octanol–water partition coefficient (Wildman–Crippen LogP) is 4.42. The predicted molar refractivity (Wildman–Crippen MR) is 119 cm³/mol. The Morgan fingerprint density at radius 3 is 2.79 bits per heavy atom. The molecule has 4 aromatic rings. The second-order valence-corrected chi connectivity index (χ2v) is 7.97. The quantitative estimate of drug-likeness (QED) is 0.452. The Balaban J connectivity index is 1.66. The first-order valence-corrected chi connectivity index (χ1v) is 10.6. The Bertz CT molecular complexity index is 1090. The van der Waals surface area contributed by atoms with Crippen molar-refractivity contribution in [1.29, 1.82) is 0 Å². The molecular weight excluding hydrogens is 382 g/mol. The highest BCUT2D eigenvalue weighted by Crippen LogP contribution is 2.34.